The predicted molar refractivity (Wildman–Crippen MR) is 137 cm³/mol. The zero-order valence-electron chi connectivity index (χ0n) is 19.3. The second kappa shape index (κ2) is 10.3. The van der Waals surface area contributed by atoms with Gasteiger partial charge in [-0.25, -0.2) is 4.79 Å². The molecule has 1 heterocycles. The van der Waals surface area contributed by atoms with E-state index in [0.717, 1.165) is 16.7 Å². The van der Waals surface area contributed by atoms with Crippen molar-refractivity contribution >= 4 is 35.4 Å². The van der Waals surface area contributed by atoms with E-state index in [1.54, 1.807) is 12.1 Å². The molecule has 0 fully saturated rings. The van der Waals surface area contributed by atoms with Crippen molar-refractivity contribution in [1.82, 2.24) is 4.90 Å². The van der Waals surface area contributed by atoms with Crippen LogP contribution in [-0.4, -0.2) is 46.2 Å². The van der Waals surface area contributed by atoms with Crippen LogP contribution in [0.4, 0.5) is 5.69 Å². The number of carbonyl (C=O) groups is 2. The molecule has 0 aliphatic carbocycles. The molecular formula is C27H25N5O4. The monoisotopic (exact) mass is 483 g/mol. The van der Waals surface area contributed by atoms with E-state index in [1.807, 2.05) is 66.6 Å². The molecule has 0 spiro atoms. The Balaban J connectivity index is 1.86. The number of fused-ring (bicyclic) bond motifs is 1. The molecule has 9 nitrogen and oxygen atoms in total. The molecule has 1 atom stereocenters. The molecule has 4 rings (SSSR count). The molecule has 0 saturated carbocycles. The normalized spacial score (nSPS) is 17.3. The van der Waals surface area contributed by atoms with Gasteiger partial charge >= 0.3 is 5.97 Å². The summed E-state index contributed by atoms with van der Waals surface area (Å²) in [6, 6.07) is 22.0. The van der Waals surface area contributed by atoms with E-state index in [0.29, 0.717) is 23.2 Å². The highest BCUT2D eigenvalue weighted by molar-refractivity contribution is 6.09. The van der Waals surface area contributed by atoms with Crippen LogP contribution in [0, 0.1) is 0 Å². The first-order valence-corrected chi connectivity index (χ1v) is 11.2. The maximum absolute atomic E-state index is 13.7. The van der Waals surface area contributed by atoms with Gasteiger partial charge in [0.2, 0.25) is 0 Å². The number of carboxylic acids is 1. The van der Waals surface area contributed by atoms with Crippen LogP contribution in [0.1, 0.15) is 23.1 Å². The Kier molecular flexibility index (Phi) is 6.96. The summed E-state index contributed by atoms with van der Waals surface area (Å²) in [5.74, 6) is 5.20. The van der Waals surface area contributed by atoms with E-state index in [9.17, 15) is 19.5 Å². The van der Waals surface area contributed by atoms with E-state index in [1.165, 1.54) is 11.1 Å². The van der Waals surface area contributed by atoms with Gasteiger partial charge in [0.15, 0.2) is 11.6 Å². The second-order valence-electron chi connectivity index (χ2n) is 8.44. The van der Waals surface area contributed by atoms with E-state index in [4.69, 9.17) is 11.6 Å². The van der Waals surface area contributed by atoms with Crippen LogP contribution in [0.5, 0.6) is 0 Å². The van der Waals surface area contributed by atoms with Crippen LogP contribution in [0.3, 0.4) is 0 Å². The lowest BCUT2D eigenvalue weighted by Crippen LogP contribution is -2.60. The number of nitrogens with one attached hydrogen (secondary N) is 1. The van der Waals surface area contributed by atoms with Crippen molar-refractivity contribution in [2.24, 2.45) is 16.7 Å². The van der Waals surface area contributed by atoms with Crippen LogP contribution < -0.4 is 16.9 Å². The van der Waals surface area contributed by atoms with Crippen molar-refractivity contribution in [1.29, 1.82) is 0 Å². The Labute approximate surface area is 207 Å². The van der Waals surface area contributed by atoms with Gasteiger partial charge in [-0.15, -0.1) is 0 Å². The highest BCUT2D eigenvalue weighted by atomic mass is 16.4. The summed E-state index contributed by atoms with van der Waals surface area (Å²) in [7, 11) is 0. The molecule has 3 aromatic rings. The lowest BCUT2D eigenvalue weighted by molar-refractivity contribution is -0.143. The number of carboxylic acid groups (broad SMARTS) is 1. The maximum atomic E-state index is 13.7. The fourth-order valence-electron chi connectivity index (χ4n) is 4.32. The molecular weight excluding hydrogens is 458 g/mol. The molecule has 0 radical (unpaired) electrons. The molecule has 0 aromatic heterocycles. The Morgan fingerprint density at radius 2 is 1.81 bits per heavy atom. The van der Waals surface area contributed by atoms with E-state index in [2.05, 4.69) is 10.4 Å². The predicted octanol–water partition coefficient (Wildman–Crippen LogP) is 2.45. The van der Waals surface area contributed by atoms with Gasteiger partial charge in [-0.1, -0.05) is 66.7 Å². The minimum atomic E-state index is -1.98. The standard InChI is InChI=1S/C27H25N5O4/c28-27(15-24(34)35)26(36)32(14-13-18-5-2-1-3-6-18)23(17-33)25-21(7-4-8-22(25)31-27)20-11-9-19(10-12-20)16-30-29/h1-12,16,31H,13-15,28-29H2,(H,34,35). The number of nitrogens with two attached hydrogens (primary N) is 2. The number of amides is 1. The smallest absolute Gasteiger partial charge is 0.307 e. The minimum Gasteiger partial charge on any atom is -0.481 e. The van der Waals surface area contributed by atoms with Gasteiger partial charge < -0.3 is 22.0 Å². The second-order valence-corrected chi connectivity index (χ2v) is 8.44. The first-order valence-electron chi connectivity index (χ1n) is 11.2. The number of benzene rings is 3. The molecule has 6 N–H and O–H groups in total. The van der Waals surface area contributed by atoms with Crippen LogP contribution >= 0.6 is 0 Å². The minimum absolute atomic E-state index is 0.0145. The Morgan fingerprint density at radius 1 is 1.08 bits per heavy atom. The van der Waals surface area contributed by atoms with Gasteiger partial charge in [0.1, 0.15) is 5.70 Å². The van der Waals surface area contributed by atoms with Gasteiger partial charge in [-0.3, -0.25) is 14.5 Å². The summed E-state index contributed by atoms with van der Waals surface area (Å²) >= 11 is 0. The zero-order chi connectivity index (χ0) is 25.7. The summed E-state index contributed by atoms with van der Waals surface area (Å²) in [6.07, 6.45) is 1.24. The molecule has 0 saturated heterocycles. The SMILES string of the molecule is NN=Cc1ccc(-c2cccc3c2C(=C=O)N(CCc2ccccc2)C(=O)C(N)(CC(=O)O)N3)cc1. The largest absolute Gasteiger partial charge is 0.481 e. The number of nitrogens with zero attached hydrogens (tertiary/aromatic N) is 2. The summed E-state index contributed by atoms with van der Waals surface area (Å²) in [5.41, 5.74) is 8.30. The number of rotatable bonds is 7. The van der Waals surface area contributed by atoms with Crippen molar-refractivity contribution in [2.45, 2.75) is 18.5 Å². The fourth-order valence-corrected chi connectivity index (χ4v) is 4.32. The lowest BCUT2D eigenvalue weighted by atomic mass is 9.95. The maximum Gasteiger partial charge on any atom is 0.307 e. The summed E-state index contributed by atoms with van der Waals surface area (Å²) in [6.45, 7) is 0.105. The molecule has 1 amide bonds. The molecule has 0 bridgehead atoms. The number of carbonyl (C=O) groups excluding carboxylic acids is 2. The number of aliphatic carboxylic acids is 1. The molecule has 9 heteroatoms. The fraction of sp³-hybridized carbons (Fsp3) is 0.148. The summed E-state index contributed by atoms with van der Waals surface area (Å²) < 4.78 is 0. The van der Waals surface area contributed by atoms with Gasteiger partial charge in [-0.2, -0.15) is 5.10 Å². The molecule has 1 aliphatic heterocycles. The number of hydrazone groups is 1. The Bertz CT molecular complexity index is 1360. The van der Waals surface area contributed by atoms with Gasteiger partial charge in [-0.05, 0) is 34.7 Å². The number of anilines is 1. The van der Waals surface area contributed by atoms with Crippen molar-refractivity contribution in [3.63, 3.8) is 0 Å². The third-order valence-corrected chi connectivity index (χ3v) is 5.99. The van der Waals surface area contributed by atoms with E-state index < -0.39 is 24.0 Å². The third-order valence-electron chi connectivity index (χ3n) is 5.99. The van der Waals surface area contributed by atoms with Crippen LogP contribution in [-0.2, 0) is 20.8 Å². The molecule has 3 aromatic carbocycles. The highest BCUT2D eigenvalue weighted by Crippen LogP contribution is 2.39. The first-order chi connectivity index (χ1) is 17.4. The molecule has 182 valence electrons. The van der Waals surface area contributed by atoms with E-state index in [-0.39, 0.29) is 12.2 Å². The highest BCUT2D eigenvalue weighted by Gasteiger charge is 2.45. The number of hydrogen-bond donors (Lipinski definition) is 4. The quantitative estimate of drug-likeness (QED) is 0.174. The summed E-state index contributed by atoms with van der Waals surface area (Å²) in [5, 5.41) is 16.0. The number of hydrogen-bond acceptors (Lipinski definition) is 7. The van der Waals surface area contributed by atoms with Gasteiger partial charge in [0.05, 0.1) is 12.6 Å². The topological polar surface area (TPSA) is 151 Å². The molecule has 36 heavy (non-hydrogen) atoms. The van der Waals surface area contributed by atoms with Crippen molar-refractivity contribution in [3.05, 3.63) is 89.5 Å². The van der Waals surface area contributed by atoms with Crippen LogP contribution in [0.15, 0.2) is 77.9 Å². The molecule has 1 aliphatic rings. The van der Waals surface area contributed by atoms with E-state index >= 15 is 0 Å². The summed E-state index contributed by atoms with van der Waals surface area (Å²) in [4.78, 5) is 39.0. The lowest BCUT2D eigenvalue weighted by Gasteiger charge is -2.31. The van der Waals surface area contributed by atoms with Crippen LogP contribution in [0.2, 0.25) is 0 Å². The van der Waals surface area contributed by atoms with Crippen molar-refractivity contribution in [3.8, 4) is 11.1 Å². The van der Waals surface area contributed by atoms with Crippen molar-refractivity contribution in [2.75, 3.05) is 11.9 Å². The average molecular weight is 484 g/mol. The Morgan fingerprint density at radius 3 is 2.44 bits per heavy atom. The average Bonchev–Trinajstić information content (AvgIpc) is 2.95. The first kappa shape index (κ1) is 24.4. The van der Waals surface area contributed by atoms with Gasteiger partial charge in [0, 0.05) is 17.8 Å². The Hall–Kier alpha value is -4.72. The van der Waals surface area contributed by atoms with Crippen molar-refractivity contribution < 1.29 is 19.5 Å². The third kappa shape index (κ3) is 4.88. The zero-order valence-corrected chi connectivity index (χ0v) is 19.3. The molecule has 1 unspecified atom stereocenters. The van der Waals surface area contributed by atoms with Crippen LogP contribution in [0.25, 0.3) is 16.8 Å². The van der Waals surface area contributed by atoms with Gasteiger partial charge in [0.25, 0.3) is 5.91 Å².